The quantitative estimate of drug-likeness (QED) is 0.498. The summed E-state index contributed by atoms with van der Waals surface area (Å²) >= 11 is 0. The molecular weight excluding hydrogens is 336 g/mol. The Labute approximate surface area is 161 Å². The average Bonchev–Trinajstić information content (AvgIpc) is 2.71. The number of rotatable bonds is 7. The molecule has 0 atom stereocenters. The lowest BCUT2D eigenvalue weighted by molar-refractivity contribution is 0.103. The van der Waals surface area contributed by atoms with Gasteiger partial charge in [-0.1, -0.05) is 62.6 Å². The topological polar surface area (TPSA) is 46.5 Å². The molecule has 0 bridgehead atoms. The zero-order chi connectivity index (χ0) is 19.1. The Morgan fingerprint density at radius 2 is 1.85 bits per heavy atom. The van der Waals surface area contributed by atoms with Crippen LogP contribution in [0.3, 0.4) is 0 Å². The fourth-order valence-electron chi connectivity index (χ4n) is 3.57. The number of aromatic hydroxyl groups is 1. The Hall–Kier alpha value is -2.55. The Bertz CT molecular complexity index is 784. The minimum Gasteiger partial charge on any atom is -0.507 e. The second-order valence-corrected chi connectivity index (χ2v) is 7.26. The molecule has 1 N–H and O–H groups in total. The van der Waals surface area contributed by atoms with Gasteiger partial charge in [-0.15, -0.1) is 0 Å². The highest BCUT2D eigenvalue weighted by Gasteiger charge is 2.18. The second kappa shape index (κ2) is 9.40. The maximum absolute atomic E-state index is 12.7. The van der Waals surface area contributed by atoms with Gasteiger partial charge in [0.25, 0.3) is 0 Å². The van der Waals surface area contributed by atoms with Crippen molar-refractivity contribution in [2.75, 3.05) is 6.61 Å². The van der Waals surface area contributed by atoms with E-state index in [0.717, 1.165) is 12.0 Å². The molecule has 1 aliphatic rings. The summed E-state index contributed by atoms with van der Waals surface area (Å²) in [7, 11) is 0. The molecule has 3 rings (SSSR count). The minimum absolute atomic E-state index is 0.0351. The molecule has 2 aromatic carbocycles. The van der Waals surface area contributed by atoms with E-state index in [9.17, 15) is 9.90 Å². The Kier molecular flexibility index (Phi) is 6.69. The van der Waals surface area contributed by atoms with Crippen LogP contribution in [-0.2, 0) is 6.42 Å². The summed E-state index contributed by atoms with van der Waals surface area (Å²) in [6, 6.07) is 13.1. The van der Waals surface area contributed by atoms with E-state index in [1.54, 1.807) is 18.2 Å². The third-order valence-corrected chi connectivity index (χ3v) is 5.27. The second-order valence-electron chi connectivity index (χ2n) is 7.26. The van der Waals surface area contributed by atoms with Crippen LogP contribution < -0.4 is 4.74 Å². The first-order valence-electron chi connectivity index (χ1n) is 9.93. The fraction of sp³-hybridized carbons (Fsp3) is 0.375. The third-order valence-electron chi connectivity index (χ3n) is 5.27. The summed E-state index contributed by atoms with van der Waals surface area (Å²) in [5.74, 6) is 0.728. The van der Waals surface area contributed by atoms with Gasteiger partial charge in [0, 0.05) is 0 Å². The van der Waals surface area contributed by atoms with Crippen molar-refractivity contribution >= 4 is 11.9 Å². The number of phenols is 1. The van der Waals surface area contributed by atoms with Gasteiger partial charge in [0.2, 0.25) is 0 Å². The molecule has 0 aromatic heterocycles. The summed E-state index contributed by atoms with van der Waals surface area (Å²) in [5, 5.41) is 10.2. The van der Waals surface area contributed by atoms with E-state index in [4.69, 9.17) is 4.74 Å². The first-order valence-corrected chi connectivity index (χ1v) is 9.93. The highest BCUT2D eigenvalue weighted by molar-refractivity contribution is 6.10. The van der Waals surface area contributed by atoms with Crippen LogP contribution in [0.2, 0.25) is 0 Å². The monoisotopic (exact) mass is 364 g/mol. The summed E-state index contributed by atoms with van der Waals surface area (Å²) < 4.78 is 5.95. The van der Waals surface area contributed by atoms with E-state index >= 15 is 0 Å². The van der Waals surface area contributed by atoms with Crippen molar-refractivity contribution in [2.24, 2.45) is 5.92 Å². The van der Waals surface area contributed by atoms with Gasteiger partial charge in [0.15, 0.2) is 5.78 Å². The molecule has 27 heavy (non-hydrogen) atoms. The molecule has 0 amide bonds. The zero-order valence-corrected chi connectivity index (χ0v) is 16.0. The van der Waals surface area contributed by atoms with Crippen molar-refractivity contribution in [3.63, 3.8) is 0 Å². The zero-order valence-electron chi connectivity index (χ0n) is 16.0. The molecule has 1 aliphatic carbocycles. The van der Waals surface area contributed by atoms with Gasteiger partial charge in [0.1, 0.15) is 17.1 Å². The van der Waals surface area contributed by atoms with Gasteiger partial charge in [-0.3, -0.25) is 4.79 Å². The normalized spacial score (nSPS) is 15.1. The first-order chi connectivity index (χ1) is 13.2. The van der Waals surface area contributed by atoms with Crippen LogP contribution in [0.1, 0.15) is 60.5 Å². The molecule has 0 aliphatic heterocycles. The lowest BCUT2D eigenvalue weighted by atomic mass is 9.90. The molecule has 0 spiro atoms. The smallest absolute Gasteiger partial charge is 0.193 e. The molecule has 0 saturated heterocycles. The number of carbonyl (C=O) groups is 1. The molecule has 3 heteroatoms. The number of benzene rings is 2. The van der Waals surface area contributed by atoms with Crippen LogP contribution >= 0.6 is 0 Å². The van der Waals surface area contributed by atoms with Gasteiger partial charge in [-0.25, -0.2) is 0 Å². The molecule has 0 unspecified atom stereocenters. The highest BCUT2D eigenvalue weighted by atomic mass is 16.5. The summed E-state index contributed by atoms with van der Waals surface area (Å²) in [5.41, 5.74) is 2.47. The predicted octanol–water partition coefficient (Wildman–Crippen LogP) is 5.81. The van der Waals surface area contributed by atoms with E-state index in [1.807, 2.05) is 12.1 Å². The summed E-state index contributed by atoms with van der Waals surface area (Å²) in [6.07, 6.45) is 10.4. The van der Waals surface area contributed by atoms with Crippen LogP contribution in [0.4, 0.5) is 0 Å². The Morgan fingerprint density at radius 3 is 2.56 bits per heavy atom. The Balaban J connectivity index is 1.71. The number of hydrogen-bond donors (Lipinski definition) is 1. The SMILES string of the molecule is CCc1ccc(C=CC(=O)c2c(O)cccc2OCC2CCCCC2)cc1. The molecule has 3 nitrogen and oxygen atoms in total. The van der Waals surface area contributed by atoms with Crippen LogP contribution in [0, 0.1) is 5.92 Å². The highest BCUT2D eigenvalue weighted by Crippen LogP contribution is 2.30. The van der Waals surface area contributed by atoms with Crippen molar-refractivity contribution in [1.82, 2.24) is 0 Å². The van der Waals surface area contributed by atoms with Crippen molar-refractivity contribution < 1.29 is 14.6 Å². The fourth-order valence-corrected chi connectivity index (χ4v) is 3.57. The Morgan fingerprint density at radius 1 is 1.11 bits per heavy atom. The minimum atomic E-state index is -0.244. The van der Waals surface area contributed by atoms with Gasteiger partial charge in [-0.05, 0) is 54.5 Å². The molecule has 142 valence electrons. The van der Waals surface area contributed by atoms with E-state index < -0.39 is 0 Å². The van der Waals surface area contributed by atoms with Crippen LogP contribution in [0.5, 0.6) is 11.5 Å². The number of allylic oxidation sites excluding steroid dienone is 1. The molecule has 2 aromatic rings. The number of ketones is 1. The van der Waals surface area contributed by atoms with Crippen molar-refractivity contribution in [2.45, 2.75) is 45.4 Å². The predicted molar refractivity (Wildman–Crippen MR) is 109 cm³/mol. The lowest BCUT2D eigenvalue weighted by Gasteiger charge is -2.22. The molecular formula is C24H28O3. The first kappa shape index (κ1) is 19.2. The molecule has 1 saturated carbocycles. The van der Waals surface area contributed by atoms with Crippen molar-refractivity contribution in [1.29, 1.82) is 0 Å². The number of carbonyl (C=O) groups excluding carboxylic acids is 1. The van der Waals surface area contributed by atoms with E-state index in [1.165, 1.54) is 49.8 Å². The number of phenolic OH excluding ortho intramolecular Hbond substituents is 1. The van der Waals surface area contributed by atoms with Crippen molar-refractivity contribution in [3.8, 4) is 11.5 Å². The standard InChI is InChI=1S/C24H28O3/c1-2-18-11-13-19(14-12-18)15-16-22(26)24-21(25)9-6-10-23(24)27-17-20-7-4-3-5-8-20/h6,9-16,20,25H,2-5,7-8,17H2,1H3. The maximum atomic E-state index is 12.7. The van der Waals surface area contributed by atoms with Crippen LogP contribution in [-0.4, -0.2) is 17.5 Å². The molecule has 0 heterocycles. The van der Waals surface area contributed by atoms with Crippen molar-refractivity contribution in [3.05, 3.63) is 65.2 Å². The van der Waals surface area contributed by atoms with E-state index in [0.29, 0.717) is 18.3 Å². The third kappa shape index (κ3) is 5.22. The van der Waals surface area contributed by atoms with Gasteiger partial charge in [-0.2, -0.15) is 0 Å². The average molecular weight is 364 g/mol. The van der Waals surface area contributed by atoms with Crippen LogP contribution in [0.15, 0.2) is 48.5 Å². The largest absolute Gasteiger partial charge is 0.507 e. The molecule has 0 radical (unpaired) electrons. The maximum Gasteiger partial charge on any atom is 0.193 e. The van der Waals surface area contributed by atoms with E-state index in [-0.39, 0.29) is 17.1 Å². The summed E-state index contributed by atoms with van der Waals surface area (Å²) in [4.78, 5) is 12.7. The lowest BCUT2D eigenvalue weighted by Crippen LogP contribution is -2.16. The number of ether oxygens (including phenoxy) is 1. The summed E-state index contributed by atoms with van der Waals surface area (Å²) in [6.45, 7) is 2.72. The van der Waals surface area contributed by atoms with Gasteiger partial charge < -0.3 is 9.84 Å². The van der Waals surface area contributed by atoms with Crippen LogP contribution in [0.25, 0.3) is 6.08 Å². The number of hydrogen-bond acceptors (Lipinski definition) is 3. The van der Waals surface area contributed by atoms with Gasteiger partial charge >= 0.3 is 0 Å². The number of aryl methyl sites for hydroxylation is 1. The van der Waals surface area contributed by atoms with E-state index in [2.05, 4.69) is 19.1 Å². The van der Waals surface area contributed by atoms with Gasteiger partial charge in [0.05, 0.1) is 6.61 Å². The molecule has 1 fully saturated rings.